The Morgan fingerprint density at radius 2 is 1.74 bits per heavy atom. The zero-order valence-corrected chi connectivity index (χ0v) is 11.6. The number of nitrogens with one attached hydrogen (secondary N) is 1. The van der Waals surface area contributed by atoms with E-state index in [-0.39, 0.29) is 0 Å². The van der Waals surface area contributed by atoms with Crippen LogP contribution in [0.25, 0.3) is 0 Å². The van der Waals surface area contributed by atoms with Gasteiger partial charge in [0.05, 0.1) is 0 Å². The Balaban J connectivity index is 1.73. The lowest BCUT2D eigenvalue weighted by Gasteiger charge is -2.37. The average molecular weight is 260 g/mol. The van der Waals surface area contributed by atoms with Gasteiger partial charge in [-0.25, -0.2) is 0 Å². The molecule has 0 spiro atoms. The van der Waals surface area contributed by atoms with E-state index in [0.717, 1.165) is 26.2 Å². The molecule has 2 aliphatic heterocycles. The summed E-state index contributed by atoms with van der Waals surface area (Å²) in [4.78, 5) is 9.41. The van der Waals surface area contributed by atoms with E-state index >= 15 is 0 Å². The molecule has 4 heteroatoms. The molecule has 1 aromatic rings. The van der Waals surface area contributed by atoms with Crippen molar-refractivity contribution in [1.29, 1.82) is 0 Å². The van der Waals surface area contributed by atoms with E-state index in [1.165, 1.54) is 38.0 Å². The predicted molar refractivity (Wildman–Crippen MR) is 77.1 cm³/mol. The molecule has 2 aliphatic rings. The molecule has 1 aromatic heterocycles. The van der Waals surface area contributed by atoms with Gasteiger partial charge in [-0.1, -0.05) is 0 Å². The van der Waals surface area contributed by atoms with Gasteiger partial charge in [0.15, 0.2) is 0 Å². The van der Waals surface area contributed by atoms with Crippen LogP contribution in [-0.2, 0) is 0 Å². The number of aromatic nitrogens is 1. The average Bonchev–Trinajstić information content (AvgIpc) is 3.00. The van der Waals surface area contributed by atoms with Gasteiger partial charge >= 0.3 is 0 Å². The third kappa shape index (κ3) is 3.32. The van der Waals surface area contributed by atoms with Crippen LogP contribution < -0.4 is 5.32 Å². The number of hydrogen-bond acceptors (Lipinski definition) is 4. The highest BCUT2D eigenvalue weighted by Crippen LogP contribution is 2.23. The van der Waals surface area contributed by atoms with E-state index in [0.29, 0.717) is 6.04 Å². The monoisotopic (exact) mass is 260 g/mol. The smallest absolute Gasteiger partial charge is 0.0477 e. The van der Waals surface area contributed by atoms with E-state index in [1.54, 1.807) is 0 Å². The molecular formula is C15H24N4. The summed E-state index contributed by atoms with van der Waals surface area (Å²) >= 11 is 0. The van der Waals surface area contributed by atoms with Gasteiger partial charge in [0.2, 0.25) is 0 Å². The Kier molecular flexibility index (Phi) is 4.43. The molecule has 0 aromatic carbocycles. The van der Waals surface area contributed by atoms with Crippen molar-refractivity contribution in [2.24, 2.45) is 0 Å². The second-order valence-corrected chi connectivity index (χ2v) is 5.59. The minimum Gasteiger partial charge on any atom is -0.314 e. The topological polar surface area (TPSA) is 31.4 Å². The Hall–Kier alpha value is -0.970. The third-order valence-corrected chi connectivity index (χ3v) is 4.31. The van der Waals surface area contributed by atoms with Crippen molar-refractivity contribution in [3.05, 3.63) is 30.1 Å². The molecule has 0 radical (unpaired) electrons. The maximum atomic E-state index is 4.16. The van der Waals surface area contributed by atoms with Gasteiger partial charge in [0.1, 0.15) is 0 Å². The van der Waals surface area contributed by atoms with Crippen LogP contribution in [-0.4, -0.2) is 60.6 Å². The van der Waals surface area contributed by atoms with Gasteiger partial charge in [-0.15, -0.1) is 0 Å². The molecule has 0 amide bonds. The largest absolute Gasteiger partial charge is 0.314 e. The number of piperazine rings is 1. The highest BCUT2D eigenvalue weighted by atomic mass is 15.3. The van der Waals surface area contributed by atoms with Gasteiger partial charge in [-0.2, -0.15) is 0 Å². The quantitative estimate of drug-likeness (QED) is 0.879. The molecule has 104 valence electrons. The molecule has 3 heterocycles. The lowest BCUT2D eigenvalue weighted by molar-refractivity contribution is 0.135. The predicted octanol–water partition coefficient (Wildman–Crippen LogP) is 1.12. The first-order valence-corrected chi connectivity index (χ1v) is 7.50. The molecule has 4 nitrogen and oxygen atoms in total. The molecule has 1 unspecified atom stereocenters. The van der Waals surface area contributed by atoms with E-state index < -0.39 is 0 Å². The second kappa shape index (κ2) is 6.46. The lowest BCUT2D eigenvalue weighted by atomic mass is 10.1. The first-order chi connectivity index (χ1) is 9.43. The van der Waals surface area contributed by atoms with Crippen LogP contribution in [0, 0.1) is 0 Å². The standard InChI is InChI=1S/C15H24N4/c1-2-10-18(9-1)13-15(14-3-5-16-6-4-14)19-11-7-17-8-12-19/h3-6,15,17H,1-2,7-13H2. The summed E-state index contributed by atoms with van der Waals surface area (Å²) < 4.78 is 0. The summed E-state index contributed by atoms with van der Waals surface area (Å²) in [6.45, 7) is 8.25. The van der Waals surface area contributed by atoms with Crippen molar-refractivity contribution in [2.75, 3.05) is 45.8 Å². The zero-order chi connectivity index (χ0) is 12.9. The van der Waals surface area contributed by atoms with Crippen LogP contribution in [0.3, 0.4) is 0 Å². The van der Waals surface area contributed by atoms with Crippen molar-refractivity contribution >= 4 is 0 Å². The molecule has 1 atom stereocenters. The molecule has 2 fully saturated rings. The normalized spacial score (nSPS) is 23.6. The summed E-state index contributed by atoms with van der Waals surface area (Å²) in [7, 11) is 0. The Morgan fingerprint density at radius 3 is 2.42 bits per heavy atom. The first kappa shape index (κ1) is 13.0. The van der Waals surface area contributed by atoms with Gasteiger partial charge in [-0.05, 0) is 43.6 Å². The number of hydrogen-bond donors (Lipinski definition) is 1. The van der Waals surface area contributed by atoms with Gasteiger partial charge < -0.3 is 10.2 Å². The fourth-order valence-corrected chi connectivity index (χ4v) is 3.22. The van der Waals surface area contributed by atoms with E-state index in [1.807, 2.05) is 12.4 Å². The number of nitrogens with zero attached hydrogens (tertiary/aromatic N) is 3. The lowest BCUT2D eigenvalue weighted by Crippen LogP contribution is -2.47. The van der Waals surface area contributed by atoms with Gasteiger partial charge in [0, 0.05) is 51.2 Å². The number of rotatable bonds is 4. The molecule has 3 rings (SSSR count). The second-order valence-electron chi connectivity index (χ2n) is 5.59. The molecule has 2 saturated heterocycles. The van der Waals surface area contributed by atoms with Gasteiger partial charge in [-0.3, -0.25) is 9.88 Å². The van der Waals surface area contributed by atoms with E-state index in [9.17, 15) is 0 Å². The van der Waals surface area contributed by atoms with Crippen molar-refractivity contribution in [3.63, 3.8) is 0 Å². The zero-order valence-electron chi connectivity index (χ0n) is 11.6. The summed E-state index contributed by atoms with van der Waals surface area (Å²) in [6.07, 6.45) is 6.58. The maximum absolute atomic E-state index is 4.16. The van der Waals surface area contributed by atoms with Crippen molar-refractivity contribution < 1.29 is 0 Å². The SMILES string of the molecule is c1cc(C(CN2CCCC2)N2CCNCC2)ccn1. The Morgan fingerprint density at radius 1 is 1.05 bits per heavy atom. The molecule has 1 N–H and O–H groups in total. The highest BCUT2D eigenvalue weighted by molar-refractivity contribution is 5.16. The number of pyridine rings is 1. The number of likely N-dealkylation sites (tertiary alicyclic amines) is 1. The van der Waals surface area contributed by atoms with Crippen LogP contribution in [0.1, 0.15) is 24.4 Å². The maximum Gasteiger partial charge on any atom is 0.0477 e. The molecular weight excluding hydrogens is 236 g/mol. The summed E-state index contributed by atoms with van der Waals surface area (Å²) in [6, 6.07) is 4.90. The van der Waals surface area contributed by atoms with Crippen LogP contribution >= 0.6 is 0 Å². The highest BCUT2D eigenvalue weighted by Gasteiger charge is 2.25. The molecule has 0 aliphatic carbocycles. The summed E-state index contributed by atoms with van der Waals surface area (Å²) in [5.41, 5.74) is 1.42. The summed E-state index contributed by atoms with van der Waals surface area (Å²) in [5, 5.41) is 3.45. The van der Waals surface area contributed by atoms with Crippen LogP contribution in [0.4, 0.5) is 0 Å². The fourth-order valence-electron chi connectivity index (χ4n) is 3.22. The van der Waals surface area contributed by atoms with Crippen molar-refractivity contribution in [1.82, 2.24) is 20.1 Å². The van der Waals surface area contributed by atoms with E-state index in [4.69, 9.17) is 0 Å². The van der Waals surface area contributed by atoms with Crippen LogP contribution in [0.2, 0.25) is 0 Å². The van der Waals surface area contributed by atoms with Crippen LogP contribution in [0.15, 0.2) is 24.5 Å². The van der Waals surface area contributed by atoms with Gasteiger partial charge in [0.25, 0.3) is 0 Å². The van der Waals surface area contributed by atoms with Crippen LogP contribution in [0.5, 0.6) is 0 Å². The first-order valence-electron chi connectivity index (χ1n) is 7.50. The van der Waals surface area contributed by atoms with Crippen molar-refractivity contribution in [3.8, 4) is 0 Å². The summed E-state index contributed by atoms with van der Waals surface area (Å²) in [5.74, 6) is 0. The fraction of sp³-hybridized carbons (Fsp3) is 0.667. The molecule has 19 heavy (non-hydrogen) atoms. The molecule has 0 saturated carbocycles. The van der Waals surface area contributed by atoms with E-state index in [2.05, 4.69) is 32.2 Å². The minimum absolute atomic E-state index is 0.531. The minimum atomic E-state index is 0.531. The third-order valence-electron chi connectivity index (χ3n) is 4.31. The Bertz CT molecular complexity index is 369. The molecule has 0 bridgehead atoms. The van der Waals surface area contributed by atoms with Crippen molar-refractivity contribution in [2.45, 2.75) is 18.9 Å². The Labute approximate surface area is 115 Å².